The topological polar surface area (TPSA) is 292 Å². The van der Waals surface area contributed by atoms with Crippen LogP contribution in [0.15, 0.2) is 0 Å². The Kier molecular flexibility index (Phi) is 18.2. The first-order chi connectivity index (χ1) is 8.83. The van der Waals surface area contributed by atoms with Crippen LogP contribution in [0.25, 0.3) is 0 Å². The molecule has 0 saturated carbocycles. The van der Waals surface area contributed by atoms with E-state index in [1.54, 1.807) is 0 Å². The van der Waals surface area contributed by atoms with Gasteiger partial charge in [0.2, 0.25) is 0 Å². The van der Waals surface area contributed by atoms with Gasteiger partial charge in [0.15, 0.2) is 0 Å². The lowest BCUT2D eigenvalue weighted by Gasteiger charge is -2.05. The zero-order valence-corrected chi connectivity index (χ0v) is 13.8. The van der Waals surface area contributed by atoms with Gasteiger partial charge < -0.3 is 62.3 Å². The van der Waals surface area contributed by atoms with Crippen LogP contribution in [0, 0.1) is 0 Å². The summed E-state index contributed by atoms with van der Waals surface area (Å²) in [7, 11) is -8.25. The molecule has 22 heavy (non-hydrogen) atoms. The molecule has 0 spiro atoms. The molecule has 0 aromatic heterocycles. The standard InChI is InChI=1S/2C3H8NO5P.2H3N/c2*5-3(6)1-4-2-10(7,8)9;;/h2*4H,1-2H2,(H,5,6)(H2,7,8,9);2*1H3. The Balaban J connectivity index is -0.000000135. The van der Waals surface area contributed by atoms with Gasteiger partial charge in [0.25, 0.3) is 0 Å². The zero-order valence-electron chi connectivity index (χ0n) is 12.0. The lowest BCUT2D eigenvalue weighted by atomic mass is 10.7. The maximum atomic E-state index is 10.0. The summed E-state index contributed by atoms with van der Waals surface area (Å²) < 4.78 is 20.1. The van der Waals surface area contributed by atoms with E-state index < -0.39 is 52.8 Å². The number of quaternary nitrogens is 2. The van der Waals surface area contributed by atoms with Crippen LogP contribution in [0.5, 0.6) is 0 Å². The van der Waals surface area contributed by atoms with Crippen LogP contribution in [0.3, 0.4) is 0 Å². The van der Waals surface area contributed by atoms with Crippen molar-refractivity contribution in [1.82, 2.24) is 22.9 Å². The maximum absolute atomic E-state index is 10.0. The van der Waals surface area contributed by atoms with Gasteiger partial charge >= 0.3 is 15.2 Å². The molecule has 0 bridgehead atoms. The van der Waals surface area contributed by atoms with E-state index in [1.807, 2.05) is 10.6 Å². The third-order valence-corrected chi connectivity index (χ3v) is 2.45. The second-order valence-electron chi connectivity index (χ2n) is 3.24. The number of rotatable bonds is 8. The maximum Gasteiger partial charge on any atom is 0.339 e. The van der Waals surface area contributed by atoms with Crippen LogP contribution < -0.4 is 33.1 Å². The molecule has 0 aliphatic rings. The summed E-state index contributed by atoms with van der Waals surface area (Å²) in [4.78, 5) is 52.0. The highest BCUT2D eigenvalue weighted by molar-refractivity contribution is 7.51. The first-order valence-electron chi connectivity index (χ1n) is 4.74. The molecule has 0 aromatic rings. The smallest absolute Gasteiger partial charge is 0.339 e. The van der Waals surface area contributed by atoms with Crippen LogP contribution in [0.4, 0.5) is 0 Å². The molecule has 14 nitrogen and oxygen atoms in total. The fourth-order valence-corrected chi connectivity index (χ4v) is 1.41. The van der Waals surface area contributed by atoms with E-state index >= 15 is 0 Å². The van der Waals surface area contributed by atoms with Crippen molar-refractivity contribution in [3.05, 3.63) is 0 Å². The lowest BCUT2D eigenvalue weighted by Crippen LogP contribution is -2.34. The molecule has 0 aliphatic carbocycles. The van der Waals surface area contributed by atoms with Crippen molar-refractivity contribution in [1.29, 1.82) is 0 Å². The molecule has 0 radical (unpaired) electrons. The third-order valence-electron chi connectivity index (χ3n) is 1.17. The molecule has 136 valence electrons. The lowest BCUT2D eigenvalue weighted by molar-refractivity contribution is -0.305. The van der Waals surface area contributed by atoms with E-state index in [0.717, 1.165) is 0 Å². The predicted molar refractivity (Wildman–Crippen MR) is 71.8 cm³/mol. The molecule has 0 fully saturated rings. The number of hydrogen-bond donors (Lipinski definition) is 8. The van der Waals surface area contributed by atoms with Crippen molar-refractivity contribution in [3.63, 3.8) is 0 Å². The van der Waals surface area contributed by atoms with Crippen LogP contribution in [-0.4, -0.2) is 57.2 Å². The highest BCUT2D eigenvalue weighted by Gasteiger charge is 2.10. The van der Waals surface area contributed by atoms with Gasteiger partial charge in [0, 0.05) is 13.1 Å². The first-order valence-corrected chi connectivity index (χ1v) is 8.33. The molecule has 16 heteroatoms. The molecule has 0 aromatic carbocycles. The second kappa shape index (κ2) is 13.7. The third kappa shape index (κ3) is 36.5. The Bertz CT molecular complexity index is 368. The Morgan fingerprint density at radius 2 is 1.00 bits per heavy atom. The van der Waals surface area contributed by atoms with Crippen molar-refractivity contribution >= 4 is 27.1 Å². The first kappa shape index (κ1) is 29.1. The minimum absolute atomic E-state index is 0. The summed E-state index contributed by atoms with van der Waals surface area (Å²) in [6, 6.07) is 0. The van der Waals surface area contributed by atoms with Crippen LogP contribution in [0.2, 0.25) is 0 Å². The van der Waals surface area contributed by atoms with Crippen molar-refractivity contribution in [3.8, 4) is 0 Å². The Labute approximate surface area is 125 Å². The van der Waals surface area contributed by atoms with Crippen molar-refractivity contribution in [2.45, 2.75) is 0 Å². The molecule has 14 N–H and O–H groups in total. The Morgan fingerprint density at radius 3 is 1.14 bits per heavy atom. The molecule has 0 heterocycles. The van der Waals surface area contributed by atoms with Crippen molar-refractivity contribution in [2.24, 2.45) is 0 Å². The fourth-order valence-electron chi connectivity index (χ4n) is 0.607. The normalized spacial score (nSPS) is 10.4. The molecule has 0 saturated heterocycles. The van der Waals surface area contributed by atoms with E-state index in [-0.39, 0.29) is 12.3 Å². The van der Waals surface area contributed by atoms with Crippen LogP contribution in [0.1, 0.15) is 0 Å². The van der Waals surface area contributed by atoms with Gasteiger partial charge in [-0.05, 0) is 0 Å². The monoisotopic (exact) mass is 372 g/mol. The van der Waals surface area contributed by atoms with E-state index in [4.69, 9.17) is 19.6 Å². The summed E-state index contributed by atoms with van der Waals surface area (Å²) in [6.07, 6.45) is -1.28. The predicted octanol–water partition coefficient (Wildman–Crippen LogP) is -4.33. The fraction of sp³-hybridized carbons (Fsp3) is 0.667. The van der Waals surface area contributed by atoms with Gasteiger partial charge in [-0.15, -0.1) is 0 Å². The van der Waals surface area contributed by atoms with Crippen molar-refractivity contribution < 1.29 is 48.5 Å². The van der Waals surface area contributed by atoms with Gasteiger partial charge in [0.1, 0.15) is 0 Å². The number of carboxylic acids is 2. The Hall–Kier alpha value is -0.920. The molecular formula is C6H22N4O10P2. The van der Waals surface area contributed by atoms with Gasteiger partial charge in [-0.25, -0.2) is 0 Å². The summed E-state index contributed by atoms with van der Waals surface area (Å²) in [5, 5.41) is 23.3. The molecule has 0 unspecified atom stereocenters. The van der Waals surface area contributed by atoms with E-state index in [9.17, 15) is 28.9 Å². The second-order valence-corrected chi connectivity index (χ2v) is 6.53. The number of hydrogen-bond acceptors (Lipinski definition) is 8. The summed E-state index contributed by atoms with van der Waals surface area (Å²) in [5.41, 5.74) is 0. The van der Waals surface area contributed by atoms with Gasteiger partial charge in [-0.1, -0.05) is 0 Å². The van der Waals surface area contributed by atoms with Crippen LogP contribution >= 0.6 is 15.2 Å². The highest BCUT2D eigenvalue weighted by Crippen LogP contribution is 2.32. The molecule has 0 atom stereocenters. The largest absolute Gasteiger partial charge is 0.549 e. The number of carbonyl (C=O) groups is 2. The van der Waals surface area contributed by atoms with Gasteiger partial charge in [0.05, 0.1) is 24.5 Å². The minimum atomic E-state index is -4.12. The van der Waals surface area contributed by atoms with E-state index in [2.05, 4.69) is 0 Å². The van der Waals surface area contributed by atoms with Crippen molar-refractivity contribution in [2.75, 3.05) is 25.7 Å². The molecular weight excluding hydrogens is 350 g/mol. The molecule has 0 rings (SSSR count). The van der Waals surface area contributed by atoms with E-state index in [0.29, 0.717) is 0 Å². The SMILES string of the molecule is O=C([O-])CNCP(=O)(O)O.O=C([O-])CNCP(=O)(O)O.[NH4+].[NH4+]. The Morgan fingerprint density at radius 1 is 0.773 bits per heavy atom. The van der Waals surface area contributed by atoms with Crippen LogP contribution in [-0.2, 0) is 18.7 Å². The number of aliphatic carboxylic acids is 2. The summed E-state index contributed by atoms with van der Waals surface area (Å²) in [6.45, 7) is -1.10. The summed E-state index contributed by atoms with van der Waals surface area (Å²) in [5.74, 6) is -2.79. The van der Waals surface area contributed by atoms with Gasteiger partial charge in [-0.3, -0.25) is 9.13 Å². The van der Waals surface area contributed by atoms with Gasteiger partial charge in [-0.2, -0.15) is 0 Å². The number of nitrogens with one attached hydrogen (secondary N) is 2. The summed E-state index contributed by atoms with van der Waals surface area (Å²) >= 11 is 0. The van der Waals surface area contributed by atoms with E-state index in [1.165, 1.54) is 0 Å². The average Bonchev–Trinajstić information content (AvgIpc) is 2.12. The quantitative estimate of drug-likeness (QED) is 0.187. The number of carbonyl (C=O) groups excluding carboxylic acids is 2. The number of carboxylic acid groups (broad SMARTS) is 2. The molecule has 0 amide bonds. The minimum Gasteiger partial charge on any atom is -0.549 e. The highest BCUT2D eigenvalue weighted by atomic mass is 31.2. The molecule has 0 aliphatic heterocycles. The average molecular weight is 372 g/mol. The zero-order chi connectivity index (χ0) is 16.4.